The van der Waals surface area contributed by atoms with Gasteiger partial charge in [-0.3, -0.25) is 19.2 Å². The maximum absolute atomic E-state index is 14.9. The fourth-order valence-electron chi connectivity index (χ4n) is 8.31. The Kier molecular flexibility index (Phi) is 13.6. The van der Waals surface area contributed by atoms with Gasteiger partial charge in [0.1, 0.15) is 40.3 Å². The van der Waals surface area contributed by atoms with E-state index in [1.54, 1.807) is 58.0 Å². The van der Waals surface area contributed by atoms with Crippen molar-refractivity contribution in [2.45, 2.75) is 124 Å². The first-order valence-corrected chi connectivity index (χ1v) is 24.8. The van der Waals surface area contributed by atoms with Gasteiger partial charge < -0.3 is 48.4 Å². The number of ketones is 1. The van der Waals surface area contributed by atoms with Crippen LogP contribution in [-0.4, -0.2) is 83.6 Å². The van der Waals surface area contributed by atoms with Crippen LogP contribution in [0.4, 0.5) is 5.69 Å². The van der Waals surface area contributed by atoms with E-state index in [0.717, 1.165) is 0 Å². The number of hydrogen-bond donors (Lipinski definition) is 4. The maximum atomic E-state index is 14.9. The van der Waals surface area contributed by atoms with Gasteiger partial charge in [0.25, 0.3) is 20.0 Å². The molecule has 3 heterocycles. The monoisotopic (exact) mass is 914 g/mol. The Morgan fingerprint density at radius 2 is 1.65 bits per heavy atom. The van der Waals surface area contributed by atoms with Crippen LogP contribution in [0.25, 0.3) is 33.3 Å². The Morgan fingerprint density at radius 3 is 2.28 bits per heavy atom. The number of aliphatic hydroxyl groups excluding tert-OH is 2. The second kappa shape index (κ2) is 18.0. The number of methoxy groups -OCH3 is 1. The van der Waals surface area contributed by atoms with Crippen LogP contribution in [0.15, 0.2) is 63.6 Å². The van der Waals surface area contributed by atoms with Gasteiger partial charge in [-0.2, -0.15) is 0 Å². The third kappa shape index (κ3) is 8.93. The molecule has 4 N–H and O–H groups in total. The molecule has 2 aromatic carbocycles. The zero-order chi connectivity index (χ0) is 48.2. The molecule has 1 amide bonds. The Morgan fingerprint density at radius 1 is 0.969 bits per heavy atom. The number of ether oxygens (including phenoxy) is 4. The molecule has 1 aliphatic carbocycles. The Bertz CT molecular complexity index is 2660. The highest BCUT2D eigenvalue weighted by molar-refractivity contribution is 6.74. The zero-order valence-corrected chi connectivity index (χ0v) is 40.6. The Hall–Kier alpha value is -5.55. The average Bonchev–Trinajstić information content (AvgIpc) is 3.50. The zero-order valence-electron chi connectivity index (χ0n) is 39.6. The largest absolute Gasteiger partial charge is 0.542 e. The normalized spacial score (nSPS) is 29.0. The number of phenolic OH excluding ortho intramolecular Hbond substituents is 1. The molecule has 0 saturated heterocycles. The number of allylic oxidation sites excluding steroid dienone is 2. The van der Waals surface area contributed by atoms with E-state index in [-0.39, 0.29) is 66.5 Å². The first kappa shape index (κ1) is 48.9. The SMILES string of the molecule is CO[C@H]1/C=C/O[C@@]2(C)Oc3c(C)c(O)c4c(=O)c(c5oc6cccc(O[Si](C)(C)C(C)(C)C)c6nc-5c4c3C2=O)NC(=O)/C(C)=C\C=C\[C@H](C)[C@H](O)[C@@H](C)[C@@H](O)[C@@H](C)[C@H](OC(C)=O)[C@@H]1C. The molecule has 6 rings (SSSR count). The molecule has 65 heavy (non-hydrogen) atoms. The summed E-state index contributed by atoms with van der Waals surface area (Å²) in [5, 5.41) is 37.0. The van der Waals surface area contributed by atoms with Gasteiger partial charge in [-0.1, -0.05) is 72.8 Å². The molecule has 9 atom stereocenters. The molecule has 4 aliphatic rings. The van der Waals surface area contributed by atoms with Crippen molar-refractivity contribution < 1.29 is 57.5 Å². The molecule has 0 unspecified atom stereocenters. The minimum atomic E-state index is -2.47. The third-order valence-electron chi connectivity index (χ3n) is 13.5. The van der Waals surface area contributed by atoms with Crippen LogP contribution >= 0.6 is 0 Å². The van der Waals surface area contributed by atoms with Crippen molar-refractivity contribution in [3.8, 4) is 28.7 Å². The number of fused-ring (bicyclic) bond motifs is 2. The number of Topliss-reactive ketones (excluding diaryl/α,β-unsaturated/α-hetero) is 1. The topological polar surface area (TPSA) is 213 Å². The smallest absolute Gasteiger partial charge is 0.312 e. The van der Waals surface area contributed by atoms with E-state index < -0.39 is 91.0 Å². The predicted molar refractivity (Wildman–Crippen MR) is 249 cm³/mol. The highest BCUT2D eigenvalue weighted by atomic mass is 28.4. The van der Waals surface area contributed by atoms with Crippen LogP contribution in [0.3, 0.4) is 0 Å². The molecule has 4 bridgehead atoms. The molecule has 15 nitrogen and oxygen atoms in total. The number of carbonyl (C=O) groups is 3. The molecule has 0 radical (unpaired) electrons. The van der Waals surface area contributed by atoms with E-state index in [1.165, 1.54) is 53.2 Å². The van der Waals surface area contributed by atoms with Gasteiger partial charge in [-0.05, 0) is 50.2 Å². The van der Waals surface area contributed by atoms with Crippen molar-refractivity contribution in [2.24, 2.45) is 23.7 Å². The minimum absolute atomic E-state index is 0.0361. The molecule has 350 valence electrons. The minimum Gasteiger partial charge on any atom is -0.542 e. The number of benzene rings is 3. The summed E-state index contributed by atoms with van der Waals surface area (Å²) in [6, 6.07) is 5.14. The average molecular weight is 915 g/mol. The number of aromatic nitrogens is 1. The summed E-state index contributed by atoms with van der Waals surface area (Å²) >= 11 is 0. The number of carbonyl (C=O) groups excluding carboxylic acids is 3. The van der Waals surface area contributed by atoms with E-state index in [0.29, 0.717) is 5.75 Å². The molecule has 3 aliphatic heterocycles. The highest BCUT2D eigenvalue weighted by Crippen LogP contribution is 2.51. The van der Waals surface area contributed by atoms with Crippen LogP contribution in [0.5, 0.6) is 17.2 Å². The van der Waals surface area contributed by atoms with Gasteiger partial charge in [0.05, 0.1) is 35.5 Å². The fraction of sp³-hybridized carbons (Fsp3) is 0.490. The van der Waals surface area contributed by atoms with Crippen LogP contribution < -0.4 is 19.9 Å². The summed E-state index contributed by atoms with van der Waals surface area (Å²) in [7, 11) is -1.03. The Labute approximate surface area is 379 Å². The lowest BCUT2D eigenvalue weighted by molar-refractivity contribution is -0.160. The molecule has 0 aromatic heterocycles. The third-order valence-corrected chi connectivity index (χ3v) is 17.8. The van der Waals surface area contributed by atoms with Crippen molar-refractivity contribution in [1.29, 1.82) is 0 Å². The van der Waals surface area contributed by atoms with Crippen molar-refractivity contribution in [3.05, 3.63) is 75.7 Å². The van der Waals surface area contributed by atoms with E-state index in [1.807, 2.05) is 0 Å². The number of esters is 1. The summed E-state index contributed by atoms with van der Waals surface area (Å²) in [6.45, 7) is 23.1. The molecular formula is C49H62N2O13Si. The summed E-state index contributed by atoms with van der Waals surface area (Å²) in [6.07, 6.45) is 3.60. The fourth-order valence-corrected chi connectivity index (χ4v) is 9.33. The van der Waals surface area contributed by atoms with Crippen LogP contribution in [0, 0.1) is 30.6 Å². The van der Waals surface area contributed by atoms with E-state index >= 15 is 0 Å². The predicted octanol–water partition coefficient (Wildman–Crippen LogP) is 8.33. The molecular weight excluding hydrogens is 853 g/mol. The molecule has 0 fully saturated rings. The second-order valence-electron chi connectivity index (χ2n) is 19.2. The standard InChI is InChI=1S/C49H62N2O13Si/c1-23-17-15-18-24(2)47(58)51-38-42(56)34-33(37-45(38)62-31-19-16-20-32(36(31)50-37)64-65(13,14)48(8,9)10)35-44(28(6)41(34)55)63-49(11,46(35)57)60-22-21-30(59-12)25(3)43(61-29(7)52)27(5)40(54)26(4)39(23)53/h15-23,25-27,30,39-40,43,53-55H,1-14H3,(H,51,58)/b17-15+,22-21+,24-18-/t23-,25+,26+,27+,30-,39-,40+,43+,49-/m0/s1. The van der Waals surface area contributed by atoms with Gasteiger partial charge in [-0.15, -0.1) is 0 Å². The molecule has 2 aromatic rings. The number of phenols is 1. The van der Waals surface area contributed by atoms with Crippen molar-refractivity contribution in [3.63, 3.8) is 0 Å². The highest BCUT2D eigenvalue weighted by Gasteiger charge is 2.50. The molecule has 0 spiro atoms. The number of anilines is 1. The molecule has 0 saturated carbocycles. The van der Waals surface area contributed by atoms with Crippen LogP contribution in [0.1, 0.15) is 85.2 Å². The van der Waals surface area contributed by atoms with Crippen molar-refractivity contribution in [2.75, 3.05) is 12.4 Å². The van der Waals surface area contributed by atoms with Crippen LogP contribution in [0.2, 0.25) is 18.1 Å². The first-order valence-electron chi connectivity index (χ1n) is 21.8. The summed E-state index contributed by atoms with van der Waals surface area (Å²) < 4.78 is 37.2. The van der Waals surface area contributed by atoms with Crippen molar-refractivity contribution >= 4 is 53.5 Å². The first-order chi connectivity index (χ1) is 30.3. The summed E-state index contributed by atoms with van der Waals surface area (Å²) in [4.78, 5) is 61.1. The number of aromatic hydroxyl groups is 1. The van der Waals surface area contributed by atoms with Crippen molar-refractivity contribution in [1.82, 2.24) is 4.98 Å². The summed E-state index contributed by atoms with van der Waals surface area (Å²) in [5.41, 5.74) is -0.599. The number of amides is 1. The lowest BCUT2D eigenvalue weighted by atomic mass is 9.78. The van der Waals surface area contributed by atoms with Gasteiger partial charge in [-0.25, -0.2) is 4.98 Å². The van der Waals surface area contributed by atoms with Gasteiger partial charge in [0, 0.05) is 61.2 Å². The van der Waals surface area contributed by atoms with E-state index in [9.17, 15) is 34.5 Å². The number of nitrogens with zero attached hydrogens (tertiary/aromatic N) is 1. The number of rotatable bonds is 4. The Balaban J connectivity index is 1.63. The lowest BCUT2D eigenvalue weighted by Gasteiger charge is -2.38. The van der Waals surface area contributed by atoms with E-state index in [2.05, 4.69) is 39.2 Å². The number of nitrogens with one attached hydrogen (secondary N) is 1. The lowest BCUT2D eigenvalue weighted by Crippen LogP contribution is -2.46. The van der Waals surface area contributed by atoms with Gasteiger partial charge in [0.2, 0.25) is 5.43 Å². The molecule has 16 heteroatoms. The quantitative estimate of drug-likeness (QED) is 0.0656. The maximum Gasteiger partial charge on any atom is 0.312 e. The van der Waals surface area contributed by atoms with Gasteiger partial charge >= 0.3 is 11.8 Å². The van der Waals surface area contributed by atoms with E-state index in [4.69, 9.17) is 32.8 Å². The number of para-hydroxylation sites is 1. The van der Waals surface area contributed by atoms with Gasteiger partial charge in [0.15, 0.2) is 11.3 Å². The second-order valence-corrected chi connectivity index (χ2v) is 23.9. The summed E-state index contributed by atoms with van der Waals surface area (Å²) in [5.74, 6) is -6.89. The van der Waals surface area contributed by atoms with Crippen LogP contribution in [-0.2, 0) is 23.8 Å². The number of aliphatic hydroxyl groups is 2. The number of hydrogen-bond acceptors (Lipinski definition) is 14.